The van der Waals surface area contributed by atoms with Crippen molar-refractivity contribution in [3.8, 4) is 11.5 Å². The molecule has 0 N–H and O–H groups in total. The average molecular weight is 368 g/mol. The van der Waals surface area contributed by atoms with Gasteiger partial charge in [0.05, 0.1) is 19.1 Å². The quantitative estimate of drug-likeness (QED) is 0.347. The van der Waals surface area contributed by atoms with Crippen molar-refractivity contribution in [1.29, 1.82) is 0 Å². The van der Waals surface area contributed by atoms with Crippen LogP contribution in [0.3, 0.4) is 0 Å². The zero-order valence-corrected chi connectivity index (χ0v) is 14.9. The summed E-state index contributed by atoms with van der Waals surface area (Å²) in [4.78, 5) is 27.0. The van der Waals surface area contributed by atoms with E-state index in [1.165, 1.54) is 25.3 Å². The number of esters is 1. The second-order valence-corrected chi connectivity index (χ2v) is 5.65. The van der Waals surface area contributed by atoms with Crippen molar-refractivity contribution in [2.75, 3.05) is 14.2 Å². The predicted molar refractivity (Wildman–Crippen MR) is 98.0 cm³/mol. The molecule has 0 radical (unpaired) electrons. The van der Waals surface area contributed by atoms with E-state index in [2.05, 4.69) is 4.99 Å². The largest absolute Gasteiger partial charge is 0.497 e. The first-order chi connectivity index (χ1) is 12.9. The van der Waals surface area contributed by atoms with Gasteiger partial charge in [0.2, 0.25) is 5.90 Å². The van der Waals surface area contributed by atoms with Gasteiger partial charge in [-0.1, -0.05) is 6.07 Å². The highest BCUT2D eigenvalue weighted by Gasteiger charge is 2.27. The molecule has 1 aliphatic rings. The molecule has 0 aliphatic carbocycles. The van der Waals surface area contributed by atoms with Gasteiger partial charge in [-0.3, -0.25) is 10.1 Å². The number of hydrogen-bond acceptors (Lipinski definition) is 7. The SMILES string of the molecule is COc1ccc(/C=C2\N=C(c3cccc([N+](=O)[O-])c3C)OC2=O)c(OC)c1. The molecule has 0 atom stereocenters. The zero-order chi connectivity index (χ0) is 19.6. The molecule has 0 amide bonds. The van der Waals surface area contributed by atoms with E-state index in [4.69, 9.17) is 14.2 Å². The van der Waals surface area contributed by atoms with Crippen LogP contribution in [-0.4, -0.2) is 31.0 Å². The van der Waals surface area contributed by atoms with Crippen LogP contribution < -0.4 is 9.47 Å². The van der Waals surface area contributed by atoms with E-state index in [0.29, 0.717) is 28.2 Å². The minimum atomic E-state index is -0.645. The molecule has 0 spiro atoms. The second kappa shape index (κ2) is 7.28. The van der Waals surface area contributed by atoms with Crippen LogP contribution in [0.4, 0.5) is 5.69 Å². The normalized spacial score (nSPS) is 14.7. The molecule has 27 heavy (non-hydrogen) atoms. The molecule has 0 bridgehead atoms. The van der Waals surface area contributed by atoms with Crippen LogP contribution >= 0.6 is 0 Å². The lowest BCUT2D eigenvalue weighted by Gasteiger charge is -2.07. The Morgan fingerprint density at radius 1 is 1.19 bits per heavy atom. The third-order valence-corrected chi connectivity index (χ3v) is 4.09. The number of nitrogens with zero attached hydrogens (tertiary/aromatic N) is 2. The van der Waals surface area contributed by atoms with Gasteiger partial charge in [0, 0.05) is 28.8 Å². The van der Waals surface area contributed by atoms with Crippen LogP contribution in [0.5, 0.6) is 11.5 Å². The summed E-state index contributed by atoms with van der Waals surface area (Å²) in [6, 6.07) is 9.65. The van der Waals surface area contributed by atoms with Gasteiger partial charge < -0.3 is 14.2 Å². The molecule has 3 rings (SSSR count). The van der Waals surface area contributed by atoms with Crippen LogP contribution in [0.2, 0.25) is 0 Å². The molecule has 2 aromatic rings. The molecular formula is C19H16N2O6. The number of hydrogen-bond donors (Lipinski definition) is 0. The number of methoxy groups -OCH3 is 2. The fourth-order valence-electron chi connectivity index (χ4n) is 2.66. The van der Waals surface area contributed by atoms with Crippen LogP contribution in [0.25, 0.3) is 6.08 Å². The zero-order valence-electron chi connectivity index (χ0n) is 14.9. The second-order valence-electron chi connectivity index (χ2n) is 5.65. The fourth-order valence-corrected chi connectivity index (χ4v) is 2.66. The summed E-state index contributed by atoms with van der Waals surface area (Å²) >= 11 is 0. The average Bonchev–Trinajstić information content (AvgIpc) is 3.02. The predicted octanol–water partition coefficient (Wildman–Crippen LogP) is 3.26. The molecule has 0 unspecified atom stereocenters. The maximum atomic E-state index is 12.2. The summed E-state index contributed by atoms with van der Waals surface area (Å²) in [6.07, 6.45) is 1.53. The molecule has 8 nitrogen and oxygen atoms in total. The van der Waals surface area contributed by atoms with Crippen molar-refractivity contribution in [3.05, 3.63) is 68.9 Å². The summed E-state index contributed by atoms with van der Waals surface area (Å²) in [7, 11) is 3.05. The number of benzene rings is 2. The first-order valence-electron chi connectivity index (χ1n) is 7.93. The van der Waals surface area contributed by atoms with Gasteiger partial charge in [-0.25, -0.2) is 9.79 Å². The maximum Gasteiger partial charge on any atom is 0.363 e. The molecule has 0 fully saturated rings. The lowest BCUT2D eigenvalue weighted by molar-refractivity contribution is -0.385. The molecule has 1 heterocycles. The minimum absolute atomic E-state index is 0.0277. The van der Waals surface area contributed by atoms with Crippen molar-refractivity contribution >= 4 is 23.6 Å². The number of nitro groups is 1. The number of cyclic esters (lactones) is 1. The Balaban J connectivity index is 2.02. The third kappa shape index (κ3) is 3.50. The first kappa shape index (κ1) is 18.1. The van der Waals surface area contributed by atoms with Crippen molar-refractivity contribution in [3.63, 3.8) is 0 Å². The Morgan fingerprint density at radius 3 is 2.63 bits per heavy atom. The highest BCUT2D eigenvalue weighted by molar-refractivity contribution is 6.13. The fraction of sp³-hybridized carbons (Fsp3) is 0.158. The molecule has 1 aliphatic heterocycles. The smallest absolute Gasteiger partial charge is 0.363 e. The number of carbonyl (C=O) groups is 1. The third-order valence-electron chi connectivity index (χ3n) is 4.09. The number of nitro benzene ring substituents is 1. The summed E-state index contributed by atoms with van der Waals surface area (Å²) < 4.78 is 15.7. The monoisotopic (exact) mass is 368 g/mol. The summed E-state index contributed by atoms with van der Waals surface area (Å²) in [6.45, 7) is 1.58. The van der Waals surface area contributed by atoms with Crippen LogP contribution in [-0.2, 0) is 9.53 Å². The van der Waals surface area contributed by atoms with Gasteiger partial charge in [0.25, 0.3) is 5.69 Å². The summed E-state index contributed by atoms with van der Waals surface area (Å²) in [5, 5.41) is 11.1. The standard InChI is InChI=1S/C19H16N2O6/c1-11-14(5-4-6-16(11)21(23)24)18-20-15(19(22)27-18)9-12-7-8-13(25-2)10-17(12)26-3/h4-10H,1-3H3/b15-9-. The number of ether oxygens (including phenoxy) is 3. The van der Waals surface area contributed by atoms with Crippen LogP contribution in [0, 0.1) is 17.0 Å². The van der Waals surface area contributed by atoms with Gasteiger partial charge in [-0.05, 0) is 31.2 Å². The highest BCUT2D eigenvalue weighted by atomic mass is 16.6. The Kier molecular flexibility index (Phi) is 4.89. The number of carbonyl (C=O) groups excluding carboxylic acids is 1. The first-order valence-corrected chi connectivity index (χ1v) is 7.93. The molecule has 0 aromatic heterocycles. The Morgan fingerprint density at radius 2 is 1.96 bits per heavy atom. The molecule has 0 saturated heterocycles. The Hall–Kier alpha value is -3.68. The van der Waals surface area contributed by atoms with Gasteiger partial charge in [-0.15, -0.1) is 0 Å². The minimum Gasteiger partial charge on any atom is -0.497 e. The van der Waals surface area contributed by atoms with Crippen molar-refractivity contribution in [2.45, 2.75) is 6.92 Å². The van der Waals surface area contributed by atoms with Gasteiger partial charge >= 0.3 is 5.97 Å². The van der Waals surface area contributed by atoms with Crippen molar-refractivity contribution in [1.82, 2.24) is 0 Å². The van der Waals surface area contributed by atoms with E-state index in [0.717, 1.165) is 0 Å². The van der Waals surface area contributed by atoms with Crippen molar-refractivity contribution < 1.29 is 23.9 Å². The van der Waals surface area contributed by atoms with E-state index in [1.54, 1.807) is 38.3 Å². The molecular weight excluding hydrogens is 352 g/mol. The van der Waals surface area contributed by atoms with Gasteiger partial charge in [-0.2, -0.15) is 0 Å². The summed E-state index contributed by atoms with van der Waals surface area (Å²) in [5.74, 6) is 0.498. The molecule has 0 saturated carbocycles. The van der Waals surface area contributed by atoms with Gasteiger partial charge in [0.1, 0.15) is 11.5 Å². The van der Waals surface area contributed by atoms with Crippen LogP contribution in [0.1, 0.15) is 16.7 Å². The van der Waals surface area contributed by atoms with E-state index >= 15 is 0 Å². The Labute approximate surface area is 154 Å². The maximum absolute atomic E-state index is 12.2. The lowest BCUT2D eigenvalue weighted by atomic mass is 10.1. The number of aliphatic imine (C=N–C) groups is 1. The summed E-state index contributed by atoms with van der Waals surface area (Å²) in [5.41, 5.74) is 1.38. The van der Waals surface area contributed by atoms with Crippen molar-refractivity contribution in [2.24, 2.45) is 4.99 Å². The number of rotatable bonds is 5. The molecule has 138 valence electrons. The lowest BCUT2D eigenvalue weighted by Crippen LogP contribution is -2.08. The Bertz CT molecular complexity index is 994. The van der Waals surface area contributed by atoms with E-state index in [1.807, 2.05) is 0 Å². The van der Waals surface area contributed by atoms with E-state index in [-0.39, 0.29) is 17.3 Å². The van der Waals surface area contributed by atoms with Gasteiger partial charge in [0.15, 0.2) is 5.70 Å². The molecule has 2 aromatic carbocycles. The molecule has 8 heteroatoms. The van der Waals surface area contributed by atoms with Crippen LogP contribution in [0.15, 0.2) is 47.1 Å². The van der Waals surface area contributed by atoms with E-state index in [9.17, 15) is 14.9 Å². The van der Waals surface area contributed by atoms with E-state index < -0.39 is 10.9 Å². The topological polar surface area (TPSA) is 100 Å². The highest BCUT2D eigenvalue weighted by Crippen LogP contribution is 2.29.